The van der Waals surface area contributed by atoms with Gasteiger partial charge in [0.15, 0.2) is 0 Å². The van der Waals surface area contributed by atoms with Crippen LogP contribution in [0.5, 0.6) is 0 Å². The van der Waals surface area contributed by atoms with Crippen molar-refractivity contribution in [2.45, 2.75) is 19.4 Å². The van der Waals surface area contributed by atoms with Gasteiger partial charge in [0.25, 0.3) is 0 Å². The van der Waals surface area contributed by atoms with E-state index in [-0.39, 0.29) is 17.6 Å². The van der Waals surface area contributed by atoms with Gasteiger partial charge in [-0.1, -0.05) is 12.1 Å². The highest BCUT2D eigenvalue weighted by Gasteiger charge is 2.07. The summed E-state index contributed by atoms with van der Waals surface area (Å²) in [4.78, 5) is 24.5. The maximum Gasteiger partial charge on any atom is 0.335 e. The van der Waals surface area contributed by atoms with Crippen LogP contribution in [-0.4, -0.2) is 55.2 Å². The van der Waals surface area contributed by atoms with E-state index in [1.54, 1.807) is 18.2 Å². The van der Waals surface area contributed by atoms with Gasteiger partial charge in [0.2, 0.25) is 0 Å². The maximum atomic E-state index is 11.6. The minimum Gasteiger partial charge on any atom is -0.478 e. The van der Waals surface area contributed by atoms with Crippen LogP contribution < -0.4 is 10.6 Å². The molecule has 6 nitrogen and oxygen atoms in total. The molecule has 0 aliphatic rings. The molecule has 0 saturated carbocycles. The van der Waals surface area contributed by atoms with Gasteiger partial charge in [0.05, 0.1) is 5.56 Å². The second-order valence-corrected chi connectivity index (χ2v) is 5.20. The van der Waals surface area contributed by atoms with Crippen molar-refractivity contribution in [1.82, 2.24) is 15.5 Å². The highest BCUT2D eigenvalue weighted by Crippen LogP contribution is 2.05. The number of aromatic carboxylic acids is 1. The highest BCUT2D eigenvalue weighted by molar-refractivity contribution is 5.87. The smallest absolute Gasteiger partial charge is 0.335 e. The SMILES string of the molecule is CC(CNC(=O)NCCc1cccc(C(=O)O)c1)N(C)C. The Kier molecular flexibility index (Phi) is 6.68. The average molecular weight is 293 g/mol. The van der Waals surface area contributed by atoms with E-state index in [0.29, 0.717) is 19.5 Å². The third-order valence-corrected chi connectivity index (χ3v) is 3.31. The number of rotatable bonds is 7. The van der Waals surface area contributed by atoms with E-state index in [1.165, 1.54) is 0 Å². The molecular weight excluding hydrogens is 270 g/mol. The normalized spacial score (nSPS) is 12.0. The van der Waals surface area contributed by atoms with E-state index in [0.717, 1.165) is 5.56 Å². The summed E-state index contributed by atoms with van der Waals surface area (Å²) in [5.74, 6) is -0.944. The molecule has 0 aliphatic carbocycles. The van der Waals surface area contributed by atoms with E-state index < -0.39 is 5.97 Å². The summed E-state index contributed by atoms with van der Waals surface area (Å²) in [6.07, 6.45) is 0.595. The molecule has 0 bridgehead atoms. The molecule has 0 saturated heterocycles. The van der Waals surface area contributed by atoms with Crippen molar-refractivity contribution in [3.05, 3.63) is 35.4 Å². The van der Waals surface area contributed by atoms with Gasteiger partial charge in [-0.15, -0.1) is 0 Å². The molecule has 21 heavy (non-hydrogen) atoms. The van der Waals surface area contributed by atoms with Crippen molar-refractivity contribution < 1.29 is 14.7 Å². The molecule has 2 amide bonds. The quantitative estimate of drug-likeness (QED) is 0.705. The Morgan fingerprint density at radius 3 is 2.62 bits per heavy atom. The number of benzene rings is 1. The van der Waals surface area contributed by atoms with Crippen molar-refractivity contribution >= 4 is 12.0 Å². The van der Waals surface area contributed by atoms with Gasteiger partial charge in [0, 0.05) is 19.1 Å². The summed E-state index contributed by atoms with van der Waals surface area (Å²) in [6, 6.07) is 6.78. The highest BCUT2D eigenvalue weighted by atomic mass is 16.4. The first-order chi connectivity index (χ1) is 9.90. The minimum absolute atomic E-state index is 0.210. The monoisotopic (exact) mass is 293 g/mol. The summed E-state index contributed by atoms with van der Waals surface area (Å²) in [5, 5.41) is 14.5. The zero-order chi connectivity index (χ0) is 15.8. The number of nitrogens with one attached hydrogen (secondary N) is 2. The Bertz CT molecular complexity index is 489. The molecule has 0 heterocycles. The number of likely N-dealkylation sites (N-methyl/N-ethyl adjacent to an activating group) is 1. The molecule has 0 spiro atoms. The Hall–Kier alpha value is -2.08. The van der Waals surface area contributed by atoms with E-state index in [4.69, 9.17) is 5.11 Å². The van der Waals surface area contributed by atoms with E-state index in [1.807, 2.05) is 32.0 Å². The number of amides is 2. The number of carbonyl (C=O) groups excluding carboxylic acids is 1. The summed E-state index contributed by atoms with van der Waals surface area (Å²) in [7, 11) is 3.92. The molecule has 0 fully saturated rings. The third-order valence-electron chi connectivity index (χ3n) is 3.31. The number of hydrogen-bond donors (Lipinski definition) is 3. The molecule has 1 unspecified atom stereocenters. The van der Waals surface area contributed by atoms with Crippen molar-refractivity contribution in [2.75, 3.05) is 27.2 Å². The Morgan fingerprint density at radius 2 is 2.00 bits per heavy atom. The lowest BCUT2D eigenvalue weighted by Crippen LogP contribution is -2.43. The van der Waals surface area contributed by atoms with Crippen molar-refractivity contribution in [3.8, 4) is 0 Å². The summed E-state index contributed by atoms with van der Waals surface area (Å²) < 4.78 is 0. The standard InChI is InChI=1S/C15H23N3O3/c1-11(18(2)3)10-17-15(21)16-8-7-12-5-4-6-13(9-12)14(19)20/h4-6,9,11H,7-8,10H2,1-3H3,(H,19,20)(H2,16,17,21). The van der Waals surface area contributed by atoms with Gasteiger partial charge in [-0.2, -0.15) is 0 Å². The van der Waals surface area contributed by atoms with E-state index >= 15 is 0 Å². The second-order valence-electron chi connectivity index (χ2n) is 5.20. The fraction of sp³-hybridized carbons (Fsp3) is 0.467. The number of hydrogen-bond acceptors (Lipinski definition) is 3. The van der Waals surface area contributed by atoms with Crippen molar-refractivity contribution in [1.29, 1.82) is 0 Å². The molecular formula is C15H23N3O3. The lowest BCUT2D eigenvalue weighted by Gasteiger charge is -2.20. The van der Waals surface area contributed by atoms with Gasteiger partial charge in [-0.25, -0.2) is 9.59 Å². The number of carboxylic acid groups (broad SMARTS) is 1. The molecule has 1 atom stereocenters. The number of carbonyl (C=O) groups is 2. The van der Waals surface area contributed by atoms with Gasteiger partial charge in [-0.05, 0) is 45.1 Å². The van der Waals surface area contributed by atoms with Crippen molar-refractivity contribution in [2.24, 2.45) is 0 Å². The van der Waals surface area contributed by atoms with Crippen LogP contribution in [0.2, 0.25) is 0 Å². The van der Waals surface area contributed by atoms with E-state index in [9.17, 15) is 9.59 Å². The number of carboxylic acids is 1. The first-order valence-corrected chi connectivity index (χ1v) is 6.90. The molecule has 0 aromatic heterocycles. The van der Waals surface area contributed by atoms with Crippen LogP contribution in [0.15, 0.2) is 24.3 Å². The fourth-order valence-corrected chi connectivity index (χ4v) is 1.67. The van der Waals surface area contributed by atoms with Crippen LogP contribution in [-0.2, 0) is 6.42 Å². The molecule has 116 valence electrons. The van der Waals surface area contributed by atoms with Gasteiger partial charge in [-0.3, -0.25) is 0 Å². The predicted molar refractivity (Wildman–Crippen MR) is 81.7 cm³/mol. The molecule has 6 heteroatoms. The zero-order valence-electron chi connectivity index (χ0n) is 12.7. The average Bonchev–Trinajstić information content (AvgIpc) is 2.44. The summed E-state index contributed by atoms with van der Waals surface area (Å²) in [5.41, 5.74) is 1.15. The van der Waals surface area contributed by atoms with Gasteiger partial charge < -0.3 is 20.6 Å². The van der Waals surface area contributed by atoms with Crippen LogP contribution >= 0.6 is 0 Å². The Balaban J connectivity index is 2.31. The number of nitrogens with zero attached hydrogens (tertiary/aromatic N) is 1. The van der Waals surface area contributed by atoms with Crippen LogP contribution in [0.3, 0.4) is 0 Å². The molecule has 1 rings (SSSR count). The van der Waals surface area contributed by atoms with Crippen LogP contribution in [0, 0.1) is 0 Å². The maximum absolute atomic E-state index is 11.6. The number of urea groups is 1. The Morgan fingerprint density at radius 1 is 1.29 bits per heavy atom. The molecule has 3 N–H and O–H groups in total. The Labute approximate surface area is 125 Å². The molecule has 1 aromatic rings. The lowest BCUT2D eigenvalue weighted by molar-refractivity contribution is 0.0696. The van der Waals surface area contributed by atoms with E-state index in [2.05, 4.69) is 10.6 Å². The first-order valence-electron chi connectivity index (χ1n) is 6.90. The molecule has 0 radical (unpaired) electrons. The van der Waals surface area contributed by atoms with Crippen LogP contribution in [0.1, 0.15) is 22.8 Å². The van der Waals surface area contributed by atoms with Crippen molar-refractivity contribution in [3.63, 3.8) is 0 Å². The van der Waals surface area contributed by atoms with Gasteiger partial charge >= 0.3 is 12.0 Å². The second kappa shape index (κ2) is 8.26. The first kappa shape index (κ1) is 17.0. The van der Waals surface area contributed by atoms with Crippen LogP contribution in [0.4, 0.5) is 4.79 Å². The molecule has 0 aliphatic heterocycles. The zero-order valence-corrected chi connectivity index (χ0v) is 12.7. The van der Waals surface area contributed by atoms with Crippen LogP contribution in [0.25, 0.3) is 0 Å². The minimum atomic E-state index is -0.944. The van der Waals surface area contributed by atoms with Gasteiger partial charge in [0.1, 0.15) is 0 Å². The topological polar surface area (TPSA) is 81.7 Å². The predicted octanol–water partition coefficient (Wildman–Crippen LogP) is 1.18. The summed E-state index contributed by atoms with van der Waals surface area (Å²) >= 11 is 0. The fourth-order valence-electron chi connectivity index (χ4n) is 1.67. The molecule has 1 aromatic carbocycles. The third kappa shape index (κ3) is 6.27. The lowest BCUT2D eigenvalue weighted by atomic mass is 10.1. The largest absolute Gasteiger partial charge is 0.478 e. The summed E-state index contributed by atoms with van der Waals surface area (Å²) in [6.45, 7) is 3.07.